The highest BCUT2D eigenvalue weighted by Gasteiger charge is 2.09. The fraction of sp³-hybridized carbons (Fsp3) is 1.00. The van der Waals surface area contributed by atoms with Gasteiger partial charge in [0.15, 0.2) is 0 Å². The van der Waals surface area contributed by atoms with E-state index >= 15 is 0 Å². The zero-order valence-electron chi connectivity index (χ0n) is 14.9. The fourth-order valence-corrected chi connectivity index (χ4v) is 2.82. The summed E-state index contributed by atoms with van der Waals surface area (Å²) in [5.41, 5.74) is 0. The Bertz CT molecular complexity index is 233. The minimum Gasteiger partial charge on any atom is -0.381 e. The lowest BCUT2D eigenvalue weighted by Gasteiger charge is -2.26. The second-order valence-corrected chi connectivity index (χ2v) is 6.40. The quantitative estimate of drug-likeness (QED) is 0.500. The Morgan fingerprint density at radius 2 is 1.86 bits per heavy atom. The van der Waals surface area contributed by atoms with Gasteiger partial charge in [0.05, 0.1) is 13.2 Å². The number of nitrogens with one attached hydrogen (secondary N) is 1. The van der Waals surface area contributed by atoms with Crippen molar-refractivity contribution in [1.29, 1.82) is 0 Å². The van der Waals surface area contributed by atoms with E-state index in [2.05, 4.69) is 24.1 Å². The van der Waals surface area contributed by atoms with Gasteiger partial charge in [0, 0.05) is 26.3 Å². The van der Waals surface area contributed by atoms with Gasteiger partial charge in [-0.25, -0.2) is 0 Å². The van der Waals surface area contributed by atoms with Crippen molar-refractivity contribution < 1.29 is 9.47 Å². The van der Waals surface area contributed by atoms with Gasteiger partial charge in [-0.1, -0.05) is 33.1 Å². The fourth-order valence-electron chi connectivity index (χ4n) is 2.82. The first-order valence-corrected chi connectivity index (χ1v) is 9.45. The topological polar surface area (TPSA) is 33.7 Å². The molecule has 1 heterocycles. The lowest BCUT2D eigenvalue weighted by atomic mass is 10.0. The van der Waals surface area contributed by atoms with Crippen LogP contribution < -0.4 is 5.32 Å². The number of ether oxygens (including phenoxy) is 2. The summed E-state index contributed by atoms with van der Waals surface area (Å²) in [6, 6.07) is 0. The molecule has 0 aromatic heterocycles. The van der Waals surface area contributed by atoms with E-state index in [9.17, 15) is 0 Å². The Balaban J connectivity index is 1.80. The minimum absolute atomic E-state index is 0.765. The molecule has 1 aliphatic rings. The van der Waals surface area contributed by atoms with Crippen LogP contribution in [-0.4, -0.2) is 64.1 Å². The van der Waals surface area contributed by atoms with E-state index in [1.807, 2.05) is 0 Å². The molecule has 0 aliphatic carbocycles. The maximum absolute atomic E-state index is 5.82. The first-order valence-electron chi connectivity index (χ1n) is 9.45. The predicted molar refractivity (Wildman–Crippen MR) is 93.5 cm³/mol. The number of hydrogen-bond acceptors (Lipinski definition) is 4. The van der Waals surface area contributed by atoms with E-state index in [0.29, 0.717) is 0 Å². The van der Waals surface area contributed by atoms with Crippen molar-refractivity contribution in [3.05, 3.63) is 0 Å². The van der Waals surface area contributed by atoms with Gasteiger partial charge in [0.1, 0.15) is 0 Å². The molecule has 4 heteroatoms. The average molecular weight is 315 g/mol. The second kappa shape index (κ2) is 14.4. The van der Waals surface area contributed by atoms with Crippen LogP contribution in [-0.2, 0) is 9.47 Å². The number of unbranched alkanes of at least 4 members (excludes halogenated alkanes) is 1. The third-order valence-electron chi connectivity index (χ3n) is 4.47. The molecule has 0 spiro atoms. The molecule has 1 N–H and O–H groups in total. The summed E-state index contributed by atoms with van der Waals surface area (Å²) in [5, 5.41) is 3.52. The summed E-state index contributed by atoms with van der Waals surface area (Å²) < 4.78 is 11.2. The zero-order valence-corrected chi connectivity index (χ0v) is 14.9. The van der Waals surface area contributed by atoms with Gasteiger partial charge in [-0.2, -0.15) is 0 Å². The molecular weight excluding hydrogens is 276 g/mol. The van der Waals surface area contributed by atoms with Gasteiger partial charge in [0.25, 0.3) is 0 Å². The average Bonchev–Trinajstić information content (AvgIpc) is 2.57. The Morgan fingerprint density at radius 3 is 2.59 bits per heavy atom. The van der Waals surface area contributed by atoms with Gasteiger partial charge < -0.3 is 14.8 Å². The van der Waals surface area contributed by atoms with E-state index in [0.717, 1.165) is 64.9 Å². The molecule has 1 aliphatic heterocycles. The van der Waals surface area contributed by atoms with Crippen LogP contribution in [0.15, 0.2) is 0 Å². The summed E-state index contributed by atoms with van der Waals surface area (Å²) in [7, 11) is 0. The third kappa shape index (κ3) is 10.5. The highest BCUT2D eigenvalue weighted by Crippen LogP contribution is 2.12. The molecule has 1 saturated heterocycles. The summed E-state index contributed by atoms with van der Waals surface area (Å²) in [4.78, 5) is 2.50. The van der Waals surface area contributed by atoms with Gasteiger partial charge in [-0.05, 0) is 44.8 Å². The largest absolute Gasteiger partial charge is 0.381 e. The van der Waals surface area contributed by atoms with Crippen molar-refractivity contribution in [2.45, 2.75) is 52.4 Å². The zero-order chi connectivity index (χ0) is 15.9. The molecule has 1 rings (SSSR count). The molecule has 0 amide bonds. The Morgan fingerprint density at radius 1 is 1.09 bits per heavy atom. The smallest absolute Gasteiger partial charge is 0.0594 e. The van der Waals surface area contributed by atoms with Crippen molar-refractivity contribution in [1.82, 2.24) is 10.2 Å². The SMILES string of the molecule is CCCCC(CC)COCCCNCCCN1CCOCC1. The normalized spacial score (nSPS) is 17.7. The standard InChI is InChI=1S/C18H38N2O2/c1-3-5-8-18(4-2)17-22-14-7-10-19-9-6-11-20-12-15-21-16-13-20/h18-19H,3-17H2,1-2H3. The highest BCUT2D eigenvalue weighted by atomic mass is 16.5. The van der Waals surface area contributed by atoms with E-state index in [-0.39, 0.29) is 0 Å². The molecule has 0 bridgehead atoms. The molecule has 0 aromatic carbocycles. The first-order chi connectivity index (χ1) is 10.9. The minimum atomic E-state index is 0.765. The van der Waals surface area contributed by atoms with E-state index in [4.69, 9.17) is 9.47 Å². The van der Waals surface area contributed by atoms with Crippen molar-refractivity contribution >= 4 is 0 Å². The van der Waals surface area contributed by atoms with Crippen LogP contribution in [0.2, 0.25) is 0 Å². The lowest BCUT2D eigenvalue weighted by molar-refractivity contribution is 0.0374. The van der Waals surface area contributed by atoms with Crippen molar-refractivity contribution in [3.63, 3.8) is 0 Å². The van der Waals surface area contributed by atoms with Crippen LogP contribution in [0.1, 0.15) is 52.4 Å². The molecule has 132 valence electrons. The van der Waals surface area contributed by atoms with Crippen LogP contribution in [0, 0.1) is 5.92 Å². The summed E-state index contributed by atoms with van der Waals surface area (Å²) in [5.74, 6) is 0.765. The molecule has 1 fully saturated rings. The molecule has 0 radical (unpaired) electrons. The van der Waals surface area contributed by atoms with E-state index in [1.165, 1.54) is 38.6 Å². The molecule has 1 atom stereocenters. The van der Waals surface area contributed by atoms with Crippen molar-refractivity contribution in [2.24, 2.45) is 5.92 Å². The third-order valence-corrected chi connectivity index (χ3v) is 4.47. The highest BCUT2D eigenvalue weighted by molar-refractivity contribution is 4.62. The predicted octanol–water partition coefficient (Wildman–Crippen LogP) is 2.92. The molecule has 0 saturated carbocycles. The van der Waals surface area contributed by atoms with Crippen LogP contribution in [0.4, 0.5) is 0 Å². The molecule has 0 aromatic rings. The van der Waals surface area contributed by atoms with Crippen molar-refractivity contribution in [3.8, 4) is 0 Å². The first kappa shape index (κ1) is 19.9. The van der Waals surface area contributed by atoms with Crippen LogP contribution >= 0.6 is 0 Å². The van der Waals surface area contributed by atoms with Gasteiger partial charge in [-0.15, -0.1) is 0 Å². The molecular formula is C18H38N2O2. The monoisotopic (exact) mass is 314 g/mol. The molecule has 1 unspecified atom stereocenters. The number of morpholine rings is 1. The van der Waals surface area contributed by atoms with Crippen LogP contribution in [0.25, 0.3) is 0 Å². The molecule has 22 heavy (non-hydrogen) atoms. The Hall–Kier alpha value is -0.160. The van der Waals surface area contributed by atoms with Crippen LogP contribution in [0.5, 0.6) is 0 Å². The lowest BCUT2D eigenvalue weighted by Crippen LogP contribution is -2.37. The molecule has 4 nitrogen and oxygen atoms in total. The van der Waals surface area contributed by atoms with Gasteiger partial charge in [0.2, 0.25) is 0 Å². The summed E-state index contributed by atoms with van der Waals surface area (Å²) >= 11 is 0. The number of hydrogen-bond donors (Lipinski definition) is 1. The maximum atomic E-state index is 5.82. The van der Waals surface area contributed by atoms with Crippen LogP contribution in [0.3, 0.4) is 0 Å². The van der Waals surface area contributed by atoms with E-state index < -0.39 is 0 Å². The van der Waals surface area contributed by atoms with Gasteiger partial charge >= 0.3 is 0 Å². The number of nitrogens with zero attached hydrogens (tertiary/aromatic N) is 1. The summed E-state index contributed by atoms with van der Waals surface area (Å²) in [6.45, 7) is 13.8. The Kier molecular flexibility index (Phi) is 13.0. The van der Waals surface area contributed by atoms with Crippen molar-refractivity contribution in [2.75, 3.05) is 59.2 Å². The summed E-state index contributed by atoms with van der Waals surface area (Å²) in [6.07, 6.45) is 7.57. The number of rotatable bonds is 14. The maximum Gasteiger partial charge on any atom is 0.0594 e. The van der Waals surface area contributed by atoms with E-state index in [1.54, 1.807) is 0 Å². The Labute approximate surface area is 137 Å². The van der Waals surface area contributed by atoms with Gasteiger partial charge in [-0.3, -0.25) is 4.90 Å². The second-order valence-electron chi connectivity index (χ2n) is 6.40.